The number of alkyl carbamates (subject to hydrolysis) is 2. The summed E-state index contributed by atoms with van der Waals surface area (Å²) in [6.07, 6.45) is 1.20. The number of hydrogen-bond donors (Lipinski definition) is 2. The van der Waals surface area contributed by atoms with Crippen LogP contribution >= 0.6 is 11.8 Å². The molecule has 6 nitrogen and oxygen atoms in total. The van der Waals surface area contributed by atoms with Crippen LogP contribution in [-0.4, -0.2) is 51.0 Å². The Labute approximate surface area is 99.4 Å². The molecule has 2 amide bonds. The first-order chi connectivity index (χ1) is 7.63. The quantitative estimate of drug-likeness (QED) is 0.730. The maximum atomic E-state index is 11.0. The van der Waals surface area contributed by atoms with Gasteiger partial charge in [0.05, 0.1) is 6.61 Å². The van der Waals surface area contributed by atoms with E-state index in [4.69, 9.17) is 9.47 Å². The number of carbonyl (C=O) groups excluding carboxylic acids is 2. The molecule has 0 aliphatic rings. The van der Waals surface area contributed by atoms with Crippen LogP contribution in [0.1, 0.15) is 6.42 Å². The molecular formula is C9H18N2O4S. The Kier molecular flexibility index (Phi) is 8.51. The molecule has 0 fully saturated rings. The average Bonchev–Trinajstić information content (AvgIpc) is 2.28. The molecule has 0 saturated carbocycles. The van der Waals surface area contributed by atoms with Crippen molar-refractivity contribution in [3.8, 4) is 0 Å². The van der Waals surface area contributed by atoms with Crippen LogP contribution < -0.4 is 10.6 Å². The highest BCUT2D eigenvalue weighted by Gasteiger charge is 2.13. The molecule has 0 rings (SSSR count). The van der Waals surface area contributed by atoms with E-state index in [2.05, 4.69) is 10.6 Å². The summed E-state index contributed by atoms with van der Waals surface area (Å²) in [6, 6.07) is 0. The van der Waals surface area contributed by atoms with Gasteiger partial charge in [0.2, 0.25) is 0 Å². The highest BCUT2D eigenvalue weighted by Crippen LogP contribution is 2.06. The van der Waals surface area contributed by atoms with E-state index in [1.807, 2.05) is 6.26 Å². The lowest BCUT2D eigenvalue weighted by Crippen LogP contribution is -2.29. The van der Waals surface area contributed by atoms with Gasteiger partial charge in [-0.3, -0.25) is 0 Å². The normalized spacial score (nSPS) is 11.4. The number of rotatable bonds is 6. The zero-order valence-electron chi connectivity index (χ0n) is 9.74. The van der Waals surface area contributed by atoms with Gasteiger partial charge in [0, 0.05) is 26.3 Å². The molecule has 0 saturated heterocycles. The van der Waals surface area contributed by atoms with Crippen molar-refractivity contribution < 1.29 is 19.1 Å². The second kappa shape index (κ2) is 9.14. The number of amides is 2. The molecule has 0 unspecified atom stereocenters. The topological polar surface area (TPSA) is 76.7 Å². The first kappa shape index (κ1) is 14.9. The summed E-state index contributed by atoms with van der Waals surface area (Å²) in [6.45, 7) is 0.224. The molecule has 0 aromatic carbocycles. The highest BCUT2D eigenvalue weighted by molar-refractivity contribution is 7.98. The van der Waals surface area contributed by atoms with E-state index in [0.717, 1.165) is 0 Å². The Morgan fingerprint density at radius 3 is 2.38 bits per heavy atom. The molecule has 0 heterocycles. The molecule has 2 N–H and O–H groups in total. The Balaban J connectivity index is 3.84. The third-order valence-electron chi connectivity index (χ3n) is 1.71. The predicted molar refractivity (Wildman–Crippen MR) is 62.7 cm³/mol. The number of thioether (sulfide) groups is 1. The second-order valence-electron chi connectivity index (χ2n) is 2.91. The second-order valence-corrected chi connectivity index (χ2v) is 3.82. The van der Waals surface area contributed by atoms with Crippen molar-refractivity contribution >= 4 is 23.9 Å². The monoisotopic (exact) mass is 250 g/mol. The fraction of sp³-hybridized carbons (Fsp3) is 0.778. The van der Waals surface area contributed by atoms with Crippen molar-refractivity contribution in [2.75, 3.05) is 32.7 Å². The van der Waals surface area contributed by atoms with E-state index in [-0.39, 0.29) is 12.7 Å². The van der Waals surface area contributed by atoms with Crippen molar-refractivity contribution in [2.45, 2.75) is 12.5 Å². The van der Waals surface area contributed by atoms with Crippen LogP contribution in [0.25, 0.3) is 0 Å². The standard InChI is InChI=1S/C9H18N2O4S/c1-10-8(12)14-5-4-7(6-16-3)15-9(13)11-2/h7H,4-6H2,1-3H3,(H,10,12)(H,11,13)/t7-/m1/s1. The van der Waals surface area contributed by atoms with Gasteiger partial charge in [-0.25, -0.2) is 9.59 Å². The summed E-state index contributed by atoms with van der Waals surface area (Å²) in [4.78, 5) is 21.8. The van der Waals surface area contributed by atoms with Gasteiger partial charge in [-0.2, -0.15) is 11.8 Å². The molecule has 0 aromatic heterocycles. The molecule has 7 heteroatoms. The van der Waals surface area contributed by atoms with Gasteiger partial charge >= 0.3 is 12.2 Å². The Bertz CT molecular complexity index is 226. The van der Waals surface area contributed by atoms with Crippen LogP contribution in [0.4, 0.5) is 9.59 Å². The molecule has 94 valence electrons. The lowest BCUT2D eigenvalue weighted by atomic mass is 10.3. The van der Waals surface area contributed by atoms with Crippen molar-refractivity contribution in [1.29, 1.82) is 0 Å². The van der Waals surface area contributed by atoms with Gasteiger partial charge in [-0.15, -0.1) is 0 Å². The van der Waals surface area contributed by atoms with Gasteiger partial charge < -0.3 is 20.1 Å². The largest absolute Gasteiger partial charge is 0.449 e. The predicted octanol–water partition coefficient (Wildman–Crippen LogP) is 0.820. The van der Waals surface area contributed by atoms with Crippen LogP contribution in [0.5, 0.6) is 0 Å². The fourth-order valence-electron chi connectivity index (χ4n) is 0.928. The minimum Gasteiger partial charge on any atom is -0.449 e. The first-order valence-electron chi connectivity index (χ1n) is 4.85. The fourth-order valence-corrected chi connectivity index (χ4v) is 1.53. The Hall–Kier alpha value is -1.11. The number of carbonyl (C=O) groups is 2. The van der Waals surface area contributed by atoms with Gasteiger partial charge in [-0.1, -0.05) is 0 Å². The SMILES string of the molecule is CNC(=O)OCC[C@H](CSC)OC(=O)NC. The number of ether oxygens (including phenoxy) is 2. The van der Waals surface area contributed by atoms with Gasteiger partial charge in [0.15, 0.2) is 0 Å². The molecular weight excluding hydrogens is 232 g/mol. The summed E-state index contributed by atoms with van der Waals surface area (Å²) in [5.41, 5.74) is 0. The lowest BCUT2D eigenvalue weighted by Gasteiger charge is -2.16. The summed E-state index contributed by atoms with van der Waals surface area (Å²) in [7, 11) is 2.99. The van der Waals surface area contributed by atoms with Crippen LogP contribution in [0.3, 0.4) is 0 Å². The van der Waals surface area contributed by atoms with Crippen LogP contribution in [0.15, 0.2) is 0 Å². The minimum atomic E-state index is -0.483. The summed E-state index contributed by atoms with van der Waals surface area (Å²) in [5, 5.41) is 4.71. The van der Waals surface area contributed by atoms with Gasteiger partial charge in [-0.05, 0) is 6.26 Å². The van der Waals surface area contributed by atoms with Crippen LogP contribution in [0, 0.1) is 0 Å². The molecule has 1 atom stereocenters. The maximum absolute atomic E-state index is 11.0. The highest BCUT2D eigenvalue weighted by atomic mass is 32.2. The molecule has 16 heavy (non-hydrogen) atoms. The van der Waals surface area contributed by atoms with E-state index in [1.54, 1.807) is 11.8 Å². The molecule has 0 aliphatic carbocycles. The third kappa shape index (κ3) is 7.22. The minimum absolute atomic E-state index is 0.224. The van der Waals surface area contributed by atoms with E-state index < -0.39 is 12.2 Å². The summed E-state index contributed by atoms with van der Waals surface area (Å²) < 4.78 is 9.89. The van der Waals surface area contributed by atoms with E-state index in [9.17, 15) is 9.59 Å². The third-order valence-corrected chi connectivity index (χ3v) is 2.41. The van der Waals surface area contributed by atoms with E-state index >= 15 is 0 Å². The first-order valence-corrected chi connectivity index (χ1v) is 6.25. The van der Waals surface area contributed by atoms with Crippen molar-refractivity contribution in [1.82, 2.24) is 10.6 Å². The van der Waals surface area contributed by atoms with Gasteiger partial charge in [0.25, 0.3) is 0 Å². The smallest absolute Gasteiger partial charge is 0.407 e. The Morgan fingerprint density at radius 1 is 1.25 bits per heavy atom. The zero-order valence-corrected chi connectivity index (χ0v) is 10.6. The maximum Gasteiger partial charge on any atom is 0.407 e. The molecule has 0 bridgehead atoms. The molecule has 0 radical (unpaired) electrons. The summed E-state index contributed by atoms with van der Waals surface area (Å²) >= 11 is 1.57. The van der Waals surface area contributed by atoms with Crippen LogP contribution in [-0.2, 0) is 9.47 Å². The Morgan fingerprint density at radius 2 is 1.88 bits per heavy atom. The zero-order chi connectivity index (χ0) is 12.4. The van der Waals surface area contributed by atoms with Crippen molar-refractivity contribution in [3.05, 3.63) is 0 Å². The number of nitrogens with one attached hydrogen (secondary N) is 2. The lowest BCUT2D eigenvalue weighted by molar-refractivity contribution is 0.0857. The summed E-state index contributed by atoms with van der Waals surface area (Å²) in [5.74, 6) is 0.671. The average molecular weight is 250 g/mol. The number of hydrogen-bond acceptors (Lipinski definition) is 5. The van der Waals surface area contributed by atoms with Crippen molar-refractivity contribution in [2.24, 2.45) is 0 Å². The van der Waals surface area contributed by atoms with E-state index in [0.29, 0.717) is 12.2 Å². The van der Waals surface area contributed by atoms with E-state index in [1.165, 1.54) is 14.1 Å². The van der Waals surface area contributed by atoms with Crippen LogP contribution in [0.2, 0.25) is 0 Å². The van der Waals surface area contributed by atoms with Gasteiger partial charge in [0.1, 0.15) is 6.10 Å². The molecule has 0 aromatic rings. The van der Waals surface area contributed by atoms with Crippen molar-refractivity contribution in [3.63, 3.8) is 0 Å². The molecule has 0 aliphatic heterocycles. The molecule has 0 spiro atoms.